The third kappa shape index (κ3) is 2.12. The lowest BCUT2D eigenvalue weighted by molar-refractivity contribution is -0.130. The van der Waals surface area contributed by atoms with E-state index in [-0.39, 0.29) is 35.6 Å². The lowest BCUT2D eigenvalue weighted by atomic mass is 9.88. The van der Waals surface area contributed by atoms with E-state index in [1.807, 2.05) is 13.8 Å². The maximum Gasteiger partial charge on any atom is 0.193 e. The van der Waals surface area contributed by atoms with Crippen LogP contribution in [-0.2, 0) is 14.3 Å². The highest BCUT2D eigenvalue weighted by atomic mass is 16.6. The molecule has 0 aromatic rings. The van der Waals surface area contributed by atoms with Crippen molar-refractivity contribution in [3.63, 3.8) is 0 Å². The van der Waals surface area contributed by atoms with Gasteiger partial charge in [0.2, 0.25) is 0 Å². The number of rotatable bonds is 0. The number of carbonyl (C=O) groups is 2. The van der Waals surface area contributed by atoms with E-state index in [2.05, 4.69) is 13.8 Å². The molecule has 1 saturated carbocycles. The summed E-state index contributed by atoms with van der Waals surface area (Å²) in [4.78, 5) is 25.7. The van der Waals surface area contributed by atoms with Crippen LogP contribution in [0, 0.1) is 23.2 Å². The summed E-state index contributed by atoms with van der Waals surface area (Å²) < 4.78 is 5.93. The third-order valence-electron chi connectivity index (χ3n) is 7.32. The Bertz CT molecular complexity index is 671. The summed E-state index contributed by atoms with van der Waals surface area (Å²) >= 11 is 0. The molecular formula is C20H28O4. The van der Waals surface area contributed by atoms with Gasteiger partial charge in [-0.3, -0.25) is 9.59 Å². The van der Waals surface area contributed by atoms with Crippen molar-refractivity contribution in [1.82, 2.24) is 0 Å². The van der Waals surface area contributed by atoms with Crippen molar-refractivity contribution in [3.05, 3.63) is 11.1 Å². The number of fused-ring (bicyclic) bond motifs is 3. The molecule has 0 spiro atoms. The smallest absolute Gasteiger partial charge is 0.193 e. The molecule has 132 valence electrons. The van der Waals surface area contributed by atoms with Crippen LogP contribution in [-0.4, -0.2) is 34.0 Å². The minimum Gasteiger partial charge on any atom is -0.382 e. The molecule has 1 heterocycles. The van der Waals surface area contributed by atoms with Crippen LogP contribution in [0.25, 0.3) is 0 Å². The van der Waals surface area contributed by atoms with Gasteiger partial charge in [-0.1, -0.05) is 20.8 Å². The molecule has 2 fully saturated rings. The van der Waals surface area contributed by atoms with Gasteiger partial charge in [0, 0.05) is 23.5 Å². The molecule has 0 radical (unpaired) electrons. The Hall–Kier alpha value is -1.00. The second-order valence-electron chi connectivity index (χ2n) is 9.56. The molecule has 0 amide bonds. The first-order valence-corrected chi connectivity index (χ1v) is 9.21. The number of epoxide rings is 1. The Labute approximate surface area is 143 Å². The average molecular weight is 332 g/mol. The first-order valence-electron chi connectivity index (χ1n) is 9.21. The van der Waals surface area contributed by atoms with Crippen molar-refractivity contribution in [2.24, 2.45) is 23.2 Å². The zero-order valence-corrected chi connectivity index (χ0v) is 15.3. The molecule has 4 rings (SSSR count). The largest absolute Gasteiger partial charge is 0.382 e. The number of aliphatic hydroxyl groups is 1. The van der Waals surface area contributed by atoms with Crippen LogP contribution in [0.4, 0.5) is 0 Å². The predicted octanol–water partition coefficient (Wildman–Crippen LogP) is 2.83. The Morgan fingerprint density at radius 3 is 2.46 bits per heavy atom. The van der Waals surface area contributed by atoms with Gasteiger partial charge in [-0.15, -0.1) is 0 Å². The predicted molar refractivity (Wildman–Crippen MR) is 89.3 cm³/mol. The van der Waals surface area contributed by atoms with E-state index in [0.29, 0.717) is 28.4 Å². The lowest BCUT2D eigenvalue weighted by Gasteiger charge is -2.16. The Balaban J connectivity index is 1.73. The molecule has 0 unspecified atom stereocenters. The number of ketones is 2. The average Bonchev–Trinajstić information content (AvgIpc) is 3.25. The molecule has 4 nitrogen and oxygen atoms in total. The van der Waals surface area contributed by atoms with Crippen LogP contribution in [0.2, 0.25) is 0 Å². The van der Waals surface area contributed by atoms with Gasteiger partial charge in [0.05, 0.1) is 5.60 Å². The van der Waals surface area contributed by atoms with E-state index in [4.69, 9.17) is 4.74 Å². The minimum atomic E-state index is -1.46. The number of ether oxygens (including phenoxy) is 1. The van der Waals surface area contributed by atoms with Crippen molar-refractivity contribution >= 4 is 11.6 Å². The maximum atomic E-state index is 13.1. The van der Waals surface area contributed by atoms with E-state index in [9.17, 15) is 14.7 Å². The number of hydrogen-bond acceptors (Lipinski definition) is 4. The summed E-state index contributed by atoms with van der Waals surface area (Å²) in [6, 6.07) is 0. The molecule has 1 saturated heterocycles. The van der Waals surface area contributed by atoms with Gasteiger partial charge < -0.3 is 9.84 Å². The SMILES string of the molecule is C[C@@H]1C[C@@H]2[C@H](CC[C@]3(C)O[C@@H]3C3=C(C[C@@](C)(O)C3=O)C1=O)C2(C)C. The molecule has 0 aromatic heterocycles. The highest BCUT2D eigenvalue weighted by Crippen LogP contribution is 2.64. The van der Waals surface area contributed by atoms with E-state index < -0.39 is 5.60 Å². The molecular weight excluding hydrogens is 304 g/mol. The second kappa shape index (κ2) is 4.59. The van der Waals surface area contributed by atoms with E-state index in [1.54, 1.807) is 0 Å². The van der Waals surface area contributed by atoms with Crippen LogP contribution in [0.15, 0.2) is 11.1 Å². The molecule has 4 heteroatoms. The molecule has 0 aromatic carbocycles. The fourth-order valence-corrected chi connectivity index (χ4v) is 5.36. The minimum absolute atomic E-state index is 0.0392. The molecule has 1 aliphatic heterocycles. The first-order chi connectivity index (χ1) is 11.0. The van der Waals surface area contributed by atoms with Crippen molar-refractivity contribution in [2.45, 2.75) is 77.6 Å². The normalized spacial score (nSPS) is 49.9. The van der Waals surface area contributed by atoms with Gasteiger partial charge in [0.25, 0.3) is 0 Å². The maximum absolute atomic E-state index is 13.1. The summed E-state index contributed by atoms with van der Waals surface area (Å²) in [7, 11) is 0. The van der Waals surface area contributed by atoms with E-state index >= 15 is 0 Å². The second-order valence-corrected chi connectivity index (χ2v) is 9.56. The monoisotopic (exact) mass is 332 g/mol. The summed E-state index contributed by atoms with van der Waals surface area (Å²) in [5.74, 6) is 0.834. The summed E-state index contributed by atoms with van der Waals surface area (Å²) in [6.45, 7) is 10.1. The Morgan fingerprint density at radius 2 is 1.79 bits per heavy atom. The van der Waals surface area contributed by atoms with Crippen LogP contribution >= 0.6 is 0 Å². The van der Waals surface area contributed by atoms with Crippen LogP contribution in [0.1, 0.15) is 60.3 Å². The molecule has 6 atom stereocenters. The lowest BCUT2D eigenvalue weighted by Crippen LogP contribution is -2.33. The van der Waals surface area contributed by atoms with Crippen molar-refractivity contribution < 1.29 is 19.4 Å². The topological polar surface area (TPSA) is 66.9 Å². The van der Waals surface area contributed by atoms with Gasteiger partial charge in [0.1, 0.15) is 11.7 Å². The third-order valence-corrected chi connectivity index (χ3v) is 7.32. The molecule has 3 aliphatic carbocycles. The van der Waals surface area contributed by atoms with E-state index in [0.717, 1.165) is 19.3 Å². The van der Waals surface area contributed by atoms with Crippen LogP contribution in [0.5, 0.6) is 0 Å². The Morgan fingerprint density at radius 1 is 1.12 bits per heavy atom. The zero-order chi connectivity index (χ0) is 17.7. The van der Waals surface area contributed by atoms with Crippen LogP contribution < -0.4 is 0 Å². The summed E-state index contributed by atoms with van der Waals surface area (Å²) in [5, 5.41) is 10.4. The highest BCUT2D eigenvalue weighted by molar-refractivity contribution is 6.15. The molecule has 0 bridgehead atoms. The highest BCUT2D eigenvalue weighted by Gasteiger charge is 2.64. The van der Waals surface area contributed by atoms with Crippen LogP contribution in [0.3, 0.4) is 0 Å². The van der Waals surface area contributed by atoms with E-state index in [1.165, 1.54) is 6.92 Å². The summed E-state index contributed by atoms with van der Waals surface area (Å²) in [5.41, 5.74) is -0.521. The first kappa shape index (κ1) is 16.5. The van der Waals surface area contributed by atoms with Crippen molar-refractivity contribution in [3.8, 4) is 0 Å². The fraction of sp³-hybridized carbons (Fsp3) is 0.800. The van der Waals surface area contributed by atoms with Gasteiger partial charge in [-0.25, -0.2) is 0 Å². The molecule has 4 aliphatic rings. The standard InChI is InChI=1S/C20H28O4/c1-10-8-13-12(18(13,2)3)6-7-20(5)17(24-20)14-11(15(10)21)9-19(4,23)16(14)22/h10,12-13,17,23H,6-9H2,1-5H3/t10-,12+,13-,17-,19-,20+/m1/s1. The number of hydrogen-bond donors (Lipinski definition) is 1. The number of Topliss-reactive ketones (excluding diaryl/α,β-unsaturated/α-hetero) is 2. The molecule has 24 heavy (non-hydrogen) atoms. The number of carbonyl (C=O) groups excluding carboxylic acids is 2. The van der Waals surface area contributed by atoms with Gasteiger partial charge in [-0.2, -0.15) is 0 Å². The Kier molecular flexibility index (Phi) is 3.15. The van der Waals surface area contributed by atoms with Crippen molar-refractivity contribution in [1.29, 1.82) is 0 Å². The van der Waals surface area contributed by atoms with Gasteiger partial charge >= 0.3 is 0 Å². The van der Waals surface area contributed by atoms with Gasteiger partial charge in [0.15, 0.2) is 11.6 Å². The quantitative estimate of drug-likeness (QED) is 0.693. The summed E-state index contributed by atoms with van der Waals surface area (Å²) in [6.07, 6.45) is 2.70. The van der Waals surface area contributed by atoms with Gasteiger partial charge in [-0.05, 0) is 50.4 Å². The molecule has 1 N–H and O–H groups in total. The van der Waals surface area contributed by atoms with Crippen molar-refractivity contribution in [2.75, 3.05) is 0 Å². The fourth-order valence-electron chi connectivity index (χ4n) is 5.36. The zero-order valence-electron chi connectivity index (χ0n) is 15.3.